The van der Waals surface area contributed by atoms with E-state index in [0.717, 1.165) is 15.8 Å². The quantitative estimate of drug-likeness (QED) is 0.942. The number of amides is 1. The maximum absolute atomic E-state index is 11.9. The molecule has 0 aliphatic rings. The van der Waals surface area contributed by atoms with E-state index in [4.69, 9.17) is 4.74 Å². The summed E-state index contributed by atoms with van der Waals surface area (Å²) in [6.07, 6.45) is 1.60. The molecule has 0 saturated heterocycles. The van der Waals surface area contributed by atoms with E-state index in [1.54, 1.807) is 25.4 Å². The topological polar surface area (TPSA) is 51.2 Å². The van der Waals surface area contributed by atoms with Crippen LogP contribution in [0.4, 0.5) is 0 Å². The Morgan fingerprint density at radius 1 is 1.37 bits per heavy atom. The van der Waals surface area contributed by atoms with Crippen LogP contribution in [0.25, 0.3) is 0 Å². The van der Waals surface area contributed by atoms with Gasteiger partial charge in [0.1, 0.15) is 11.4 Å². The Bertz CT molecular complexity index is 570. The van der Waals surface area contributed by atoms with Gasteiger partial charge in [-0.05, 0) is 45.8 Å². The molecule has 98 valence electrons. The number of ether oxygens (including phenoxy) is 1. The second-order valence-corrected chi connectivity index (χ2v) is 4.81. The molecule has 2 rings (SSSR count). The Balaban J connectivity index is 1.98. The smallest absolute Gasteiger partial charge is 0.270 e. The standard InChI is InChI=1S/C14H13BrN2O2/c1-19-12-4-2-3-10(7-12)8-17-14(18)13-6-5-11(15)9-16-13/h2-7,9H,8H2,1H3,(H,17,18). The van der Waals surface area contributed by atoms with Crippen molar-refractivity contribution >= 4 is 21.8 Å². The SMILES string of the molecule is COc1cccc(CNC(=O)c2ccc(Br)cn2)c1. The summed E-state index contributed by atoms with van der Waals surface area (Å²) in [4.78, 5) is 15.9. The number of halogens is 1. The third kappa shape index (κ3) is 3.79. The summed E-state index contributed by atoms with van der Waals surface area (Å²) in [6.45, 7) is 0.438. The fraction of sp³-hybridized carbons (Fsp3) is 0.143. The molecule has 1 aromatic carbocycles. The number of nitrogens with zero attached hydrogens (tertiary/aromatic N) is 1. The number of methoxy groups -OCH3 is 1. The van der Waals surface area contributed by atoms with Crippen LogP contribution in [0.5, 0.6) is 5.75 Å². The van der Waals surface area contributed by atoms with Gasteiger partial charge < -0.3 is 10.1 Å². The van der Waals surface area contributed by atoms with Crippen LogP contribution in [0.3, 0.4) is 0 Å². The predicted molar refractivity (Wildman–Crippen MR) is 76.1 cm³/mol. The molecule has 2 aromatic rings. The molecule has 5 heteroatoms. The van der Waals surface area contributed by atoms with E-state index in [0.29, 0.717) is 12.2 Å². The molecule has 19 heavy (non-hydrogen) atoms. The van der Waals surface area contributed by atoms with Crippen LogP contribution < -0.4 is 10.1 Å². The van der Waals surface area contributed by atoms with Gasteiger partial charge in [0, 0.05) is 17.2 Å². The molecule has 0 bridgehead atoms. The second-order valence-electron chi connectivity index (χ2n) is 3.90. The fourth-order valence-electron chi connectivity index (χ4n) is 1.57. The molecule has 0 aliphatic carbocycles. The fourth-order valence-corrected chi connectivity index (χ4v) is 1.80. The van der Waals surface area contributed by atoms with E-state index in [-0.39, 0.29) is 5.91 Å². The highest BCUT2D eigenvalue weighted by atomic mass is 79.9. The summed E-state index contributed by atoms with van der Waals surface area (Å²) in [5.74, 6) is 0.573. The highest BCUT2D eigenvalue weighted by Gasteiger charge is 2.06. The molecule has 0 aliphatic heterocycles. The summed E-state index contributed by atoms with van der Waals surface area (Å²) in [6, 6.07) is 11.0. The minimum absolute atomic E-state index is 0.199. The lowest BCUT2D eigenvalue weighted by atomic mass is 10.2. The Morgan fingerprint density at radius 3 is 2.89 bits per heavy atom. The minimum Gasteiger partial charge on any atom is -0.497 e. The van der Waals surface area contributed by atoms with Crippen molar-refractivity contribution in [1.29, 1.82) is 0 Å². The first-order valence-electron chi connectivity index (χ1n) is 5.72. The lowest BCUT2D eigenvalue weighted by molar-refractivity contribution is 0.0946. The monoisotopic (exact) mass is 320 g/mol. The third-order valence-electron chi connectivity index (χ3n) is 2.55. The van der Waals surface area contributed by atoms with Gasteiger partial charge >= 0.3 is 0 Å². The van der Waals surface area contributed by atoms with Crippen LogP contribution in [-0.2, 0) is 6.54 Å². The molecule has 1 amide bonds. The normalized spacial score (nSPS) is 10.0. The molecule has 0 unspecified atom stereocenters. The van der Waals surface area contributed by atoms with Gasteiger partial charge in [-0.3, -0.25) is 4.79 Å². The number of hydrogen-bond donors (Lipinski definition) is 1. The maximum atomic E-state index is 11.9. The van der Waals surface area contributed by atoms with Crippen LogP contribution in [0.2, 0.25) is 0 Å². The lowest BCUT2D eigenvalue weighted by Crippen LogP contribution is -2.23. The maximum Gasteiger partial charge on any atom is 0.270 e. The van der Waals surface area contributed by atoms with Gasteiger partial charge in [0.25, 0.3) is 5.91 Å². The number of pyridine rings is 1. The van der Waals surface area contributed by atoms with Gasteiger partial charge in [0.15, 0.2) is 0 Å². The van der Waals surface area contributed by atoms with Crippen molar-refractivity contribution in [1.82, 2.24) is 10.3 Å². The molecule has 0 atom stereocenters. The summed E-state index contributed by atoms with van der Waals surface area (Å²) in [5, 5.41) is 2.81. The van der Waals surface area contributed by atoms with Crippen molar-refractivity contribution in [3.05, 3.63) is 58.3 Å². The van der Waals surface area contributed by atoms with E-state index in [9.17, 15) is 4.79 Å². The minimum atomic E-state index is -0.199. The third-order valence-corrected chi connectivity index (χ3v) is 3.02. The molecule has 0 fully saturated rings. The van der Waals surface area contributed by atoms with Crippen molar-refractivity contribution in [3.63, 3.8) is 0 Å². The summed E-state index contributed by atoms with van der Waals surface area (Å²) in [5.41, 5.74) is 1.37. The molecule has 0 saturated carbocycles. The zero-order chi connectivity index (χ0) is 13.7. The van der Waals surface area contributed by atoms with Gasteiger partial charge in [0.2, 0.25) is 0 Å². The second kappa shape index (κ2) is 6.33. The van der Waals surface area contributed by atoms with E-state index < -0.39 is 0 Å². The molecule has 0 spiro atoms. The molecule has 4 nitrogen and oxygen atoms in total. The number of carbonyl (C=O) groups excluding carboxylic acids is 1. The van der Waals surface area contributed by atoms with Crippen molar-refractivity contribution < 1.29 is 9.53 Å². The van der Waals surface area contributed by atoms with Crippen LogP contribution in [-0.4, -0.2) is 18.0 Å². The van der Waals surface area contributed by atoms with E-state index in [2.05, 4.69) is 26.2 Å². The Hall–Kier alpha value is -1.88. The zero-order valence-electron chi connectivity index (χ0n) is 10.4. The van der Waals surface area contributed by atoms with Crippen molar-refractivity contribution in [2.24, 2.45) is 0 Å². The number of hydrogen-bond acceptors (Lipinski definition) is 3. The average molecular weight is 321 g/mol. The number of nitrogens with one attached hydrogen (secondary N) is 1. The van der Waals surface area contributed by atoms with Crippen LogP contribution in [0.1, 0.15) is 16.1 Å². The molecule has 1 aromatic heterocycles. The number of rotatable bonds is 4. The van der Waals surface area contributed by atoms with Gasteiger partial charge in [-0.15, -0.1) is 0 Å². The first-order chi connectivity index (χ1) is 9.19. The van der Waals surface area contributed by atoms with Crippen LogP contribution in [0, 0.1) is 0 Å². The molecular weight excluding hydrogens is 308 g/mol. The van der Waals surface area contributed by atoms with E-state index >= 15 is 0 Å². The Kier molecular flexibility index (Phi) is 4.52. The molecule has 0 radical (unpaired) electrons. The summed E-state index contributed by atoms with van der Waals surface area (Å²) in [7, 11) is 1.61. The van der Waals surface area contributed by atoms with Gasteiger partial charge in [-0.2, -0.15) is 0 Å². The first-order valence-corrected chi connectivity index (χ1v) is 6.51. The van der Waals surface area contributed by atoms with Gasteiger partial charge in [-0.25, -0.2) is 4.98 Å². The number of benzene rings is 1. The van der Waals surface area contributed by atoms with Gasteiger partial charge in [0.05, 0.1) is 7.11 Å². The highest BCUT2D eigenvalue weighted by Crippen LogP contribution is 2.12. The zero-order valence-corrected chi connectivity index (χ0v) is 12.0. The lowest BCUT2D eigenvalue weighted by Gasteiger charge is -2.06. The van der Waals surface area contributed by atoms with Crippen LogP contribution >= 0.6 is 15.9 Å². The van der Waals surface area contributed by atoms with Crippen molar-refractivity contribution in [2.45, 2.75) is 6.54 Å². The first kappa shape index (κ1) is 13.5. The highest BCUT2D eigenvalue weighted by molar-refractivity contribution is 9.10. The van der Waals surface area contributed by atoms with Gasteiger partial charge in [-0.1, -0.05) is 12.1 Å². The molecule has 1 N–H and O–H groups in total. The van der Waals surface area contributed by atoms with E-state index in [1.165, 1.54) is 0 Å². The molecule has 1 heterocycles. The van der Waals surface area contributed by atoms with E-state index in [1.807, 2.05) is 24.3 Å². The molecular formula is C14H13BrN2O2. The summed E-state index contributed by atoms with van der Waals surface area (Å²) >= 11 is 3.28. The largest absolute Gasteiger partial charge is 0.497 e. The number of aromatic nitrogens is 1. The number of carbonyl (C=O) groups is 1. The average Bonchev–Trinajstić information content (AvgIpc) is 2.46. The summed E-state index contributed by atoms with van der Waals surface area (Å²) < 4.78 is 5.97. The Morgan fingerprint density at radius 2 is 2.21 bits per heavy atom. The Labute approximate surface area is 119 Å². The van der Waals surface area contributed by atoms with Crippen molar-refractivity contribution in [3.8, 4) is 5.75 Å². The predicted octanol–water partition coefficient (Wildman–Crippen LogP) is 2.78. The van der Waals surface area contributed by atoms with Crippen molar-refractivity contribution in [2.75, 3.05) is 7.11 Å². The van der Waals surface area contributed by atoms with Crippen LogP contribution in [0.15, 0.2) is 47.1 Å².